The van der Waals surface area contributed by atoms with E-state index in [1.165, 1.54) is 23.1 Å². The zero-order valence-corrected chi connectivity index (χ0v) is 13.1. The molecular weight excluding hydrogens is 336 g/mol. The molecule has 3 rings (SSSR count). The minimum Gasteiger partial charge on any atom is -0.321 e. The Morgan fingerprint density at radius 3 is 2.81 bits per heavy atom. The number of hydrogen-bond donors (Lipinski definition) is 0. The minimum atomic E-state index is -0.513. The lowest BCUT2D eigenvalue weighted by Crippen LogP contribution is -2.27. The highest BCUT2D eigenvalue weighted by Crippen LogP contribution is 2.43. The van der Waals surface area contributed by atoms with Gasteiger partial charge in [-0.15, -0.1) is 23.1 Å². The number of hydrogen-bond acceptors (Lipinski definition) is 3. The van der Waals surface area contributed by atoms with Gasteiger partial charge in [-0.1, -0.05) is 11.6 Å². The first-order valence-corrected chi connectivity index (χ1v) is 8.39. The number of nitrogens with zero attached hydrogens (tertiary/aromatic N) is 1. The van der Waals surface area contributed by atoms with Gasteiger partial charge in [0.25, 0.3) is 0 Å². The molecule has 0 spiro atoms. The van der Waals surface area contributed by atoms with Gasteiger partial charge in [0.05, 0.1) is 16.6 Å². The zero-order valence-electron chi connectivity index (χ0n) is 10.7. The van der Waals surface area contributed by atoms with E-state index in [1.54, 1.807) is 11.0 Å². The third kappa shape index (κ3) is 3.07. The summed E-state index contributed by atoms with van der Waals surface area (Å²) in [6.45, 7) is 0.0512. The molecule has 0 N–H and O–H groups in total. The molecule has 1 fully saturated rings. The van der Waals surface area contributed by atoms with Crippen LogP contribution in [0.3, 0.4) is 0 Å². The lowest BCUT2D eigenvalue weighted by Gasteiger charge is -2.23. The molecule has 0 radical (unpaired) electrons. The summed E-state index contributed by atoms with van der Waals surface area (Å²) in [4.78, 5) is 14.5. The van der Waals surface area contributed by atoms with Gasteiger partial charge in [-0.25, -0.2) is 8.78 Å². The van der Waals surface area contributed by atoms with Crippen LogP contribution in [-0.4, -0.2) is 16.6 Å². The van der Waals surface area contributed by atoms with Crippen LogP contribution in [0.4, 0.5) is 8.78 Å². The highest BCUT2D eigenvalue weighted by Gasteiger charge is 2.34. The first kappa shape index (κ1) is 14.8. The summed E-state index contributed by atoms with van der Waals surface area (Å²) in [5.74, 6) is -0.777. The molecule has 7 heteroatoms. The molecule has 0 saturated carbocycles. The van der Waals surface area contributed by atoms with Crippen molar-refractivity contribution >= 4 is 40.6 Å². The average molecular weight is 346 g/mol. The number of thioether (sulfide) groups is 1. The normalized spacial score (nSPS) is 18.5. The van der Waals surface area contributed by atoms with Crippen LogP contribution in [0.25, 0.3) is 0 Å². The van der Waals surface area contributed by atoms with Gasteiger partial charge < -0.3 is 4.90 Å². The maximum Gasteiger partial charge on any atom is 0.234 e. The number of benzene rings is 1. The molecule has 2 heterocycles. The van der Waals surface area contributed by atoms with Gasteiger partial charge in [0.1, 0.15) is 17.0 Å². The van der Waals surface area contributed by atoms with Crippen LogP contribution in [0.1, 0.15) is 15.8 Å². The molecule has 21 heavy (non-hydrogen) atoms. The zero-order chi connectivity index (χ0) is 15.0. The fourth-order valence-electron chi connectivity index (χ4n) is 2.17. The van der Waals surface area contributed by atoms with Gasteiger partial charge in [-0.05, 0) is 30.3 Å². The summed E-state index contributed by atoms with van der Waals surface area (Å²) in [6.07, 6.45) is 0. The maximum absolute atomic E-state index is 13.8. The number of carbonyl (C=O) groups excluding carboxylic acids is 1. The van der Waals surface area contributed by atoms with E-state index < -0.39 is 11.6 Å². The Morgan fingerprint density at radius 1 is 1.29 bits per heavy atom. The molecular formula is C14H10ClF2NOS2. The number of rotatable bonds is 3. The first-order chi connectivity index (χ1) is 10.0. The van der Waals surface area contributed by atoms with Gasteiger partial charge >= 0.3 is 0 Å². The van der Waals surface area contributed by atoms with Crippen LogP contribution < -0.4 is 0 Å². The summed E-state index contributed by atoms with van der Waals surface area (Å²) in [5.41, 5.74) is 0.179. The van der Waals surface area contributed by atoms with Crippen molar-refractivity contribution in [1.29, 1.82) is 0 Å². The van der Waals surface area contributed by atoms with Crippen LogP contribution in [-0.2, 0) is 11.3 Å². The quantitative estimate of drug-likeness (QED) is 0.819. The van der Waals surface area contributed by atoms with E-state index in [0.29, 0.717) is 10.1 Å². The summed E-state index contributed by atoms with van der Waals surface area (Å²) in [5, 5.41) is -0.197. The molecule has 1 aliphatic heterocycles. The number of carbonyl (C=O) groups is 1. The molecule has 0 aliphatic carbocycles. The van der Waals surface area contributed by atoms with Crippen molar-refractivity contribution in [2.75, 3.05) is 5.75 Å². The number of amides is 1. The van der Waals surface area contributed by atoms with Crippen molar-refractivity contribution in [3.63, 3.8) is 0 Å². The molecule has 1 amide bonds. The lowest BCUT2D eigenvalue weighted by atomic mass is 10.2. The number of thiophene rings is 1. The second-order valence-corrected chi connectivity index (χ2v) is 7.38. The van der Waals surface area contributed by atoms with Crippen LogP contribution in [0.15, 0.2) is 30.3 Å². The maximum atomic E-state index is 13.8. The van der Waals surface area contributed by atoms with Gasteiger partial charge in [0.15, 0.2) is 0 Å². The summed E-state index contributed by atoms with van der Waals surface area (Å²) >= 11 is 8.78. The Balaban J connectivity index is 1.88. The standard InChI is InChI=1S/C14H10ClF2NOS2/c15-12-4-3-11(21-12)14-18(13(19)7-20-14)6-8-5-9(16)1-2-10(8)17/h1-5,14H,6-7H2. The summed E-state index contributed by atoms with van der Waals surface area (Å²) in [6, 6.07) is 6.90. The lowest BCUT2D eigenvalue weighted by molar-refractivity contribution is -0.128. The minimum absolute atomic E-state index is 0.0512. The third-order valence-corrected chi connectivity index (χ3v) is 5.82. The number of halogens is 3. The van der Waals surface area contributed by atoms with Crippen LogP contribution in [0.2, 0.25) is 4.34 Å². The predicted molar refractivity (Wildman–Crippen MR) is 81.4 cm³/mol. The average Bonchev–Trinajstić information content (AvgIpc) is 3.01. The van der Waals surface area contributed by atoms with E-state index in [4.69, 9.17) is 11.6 Å². The van der Waals surface area contributed by atoms with Gasteiger partial charge in [-0.3, -0.25) is 4.79 Å². The monoisotopic (exact) mass is 345 g/mol. The molecule has 2 aromatic rings. The first-order valence-electron chi connectivity index (χ1n) is 6.15. The second kappa shape index (κ2) is 5.94. The van der Waals surface area contributed by atoms with E-state index in [-0.39, 0.29) is 23.4 Å². The predicted octanol–water partition coefficient (Wildman–Crippen LogP) is 4.45. The van der Waals surface area contributed by atoms with Crippen molar-refractivity contribution in [3.8, 4) is 0 Å². The highest BCUT2D eigenvalue weighted by molar-refractivity contribution is 8.00. The third-order valence-electron chi connectivity index (χ3n) is 3.15. The largest absolute Gasteiger partial charge is 0.321 e. The smallest absolute Gasteiger partial charge is 0.234 e. The van der Waals surface area contributed by atoms with Crippen molar-refractivity contribution < 1.29 is 13.6 Å². The molecule has 0 bridgehead atoms. The van der Waals surface area contributed by atoms with Crippen molar-refractivity contribution in [2.24, 2.45) is 0 Å². The Labute approximate surface area is 133 Å². The molecule has 1 saturated heterocycles. The molecule has 1 aromatic heterocycles. The van der Waals surface area contributed by atoms with Gasteiger partial charge in [0.2, 0.25) is 5.91 Å². The van der Waals surface area contributed by atoms with Crippen LogP contribution in [0, 0.1) is 11.6 Å². The van der Waals surface area contributed by atoms with Crippen molar-refractivity contribution in [3.05, 3.63) is 56.7 Å². The summed E-state index contributed by atoms with van der Waals surface area (Å²) in [7, 11) is 0. The Bertz CT molecular complexity index is 691. The van der Waals surface area contributed by atoms with E-state index in [9.17, 15) is 13.6 Å². The SMILES string of the molecule is O=C1CSC(c2ccc(Cl)s2)N1Cc1cc(F)ccc1F. The topological polar surface area (TPSA) is 20.3 Å². The molecule has 1 aliphatic rings. The Hall–Kier alpha value is -1.11. The fourth-order valence-corrected chi connectivity index (χ4v) is 4.65. The Morgan fingerprint density at radius 2 is 2.10 bits per heavy atom. The molecule has 1 unspecified atom stereocenters. The van der Waals surface area contributed by atoms with Gasteiger partial charge in [0, 0.05) is 10.4 Å². The van der Waals surface area contributed by atoms with Crippen molar-refractivity contribution in [2.45, 2.75) is 11.9 Å². The molecule has 2 nitrogen and oxygen atoms in total. The summed E-state index contributed by atoms with van der Waals surface area (Å²) < 4.78 is 27.6. The van der Waals surface area contributed by atoms with Crippen molar-refractivity contribution in [1.82, 2.24) is 4.90 Å². The van der Waals surface area contributed by atoms with E-state index >= 15 is 0 Å². The van der Waals surface area contributed by atoms with E-state index in [2.05, 4.69) is 0 Å². The molecule has 1 aromatic carbocycles. The van der Waals surface area contributed by atoms with E-state index in [0.717, 1.165) is 23.1 Å². The van der Waals surface area contributed by atoms with Crippen LogP contribution in [0.5, 0.6) is 0 Å². The molecule has 1 atom stereocenters. The Kier molecular flexibility index (Phi) is 4.19. The second-order valence-electron chi connectivity index (χ2n) is 4.56. The van der Waals surface area contributed by atoms with E-state index in [1.807, 2.05) is 6.07 Å². The fraction of sp³-hybridized carbons (Fsp3) is 0.214. The van der Waals surface area contributed by atoms with Gasteiger partial charge in [-0.2, -0.15) is 0 Å². The van der Waals surface area contributed by atoms with Crippen LogP contribution >= 0.6 is 34.7 Å². The highest BCUT2D eigenvalue weighted by atomic mass is 35.5. The molecule has 110 valence electrons.